The largest absolute Gasteiger partial charge is 0.268 e. The number of aromatic nitrogens is 3. The van der Waals surface area contributed by atoms with Gasteiger partial charge in [-0.1, -0.05) is 17.2 Å². The zero-order valence-electron chi connectivity index (χ0n) is 15.0. The highest BCUT2D eigenvalue weighted by atomic mass is 32.2. The van der Waals surface area contributed by atoms with Gasteiger partial charge in [0.2, 0.25) is 10.0 Å². The first-order chi connectivity index (χ1) is 12.2. The van der Waals surface area contributed by atoms with Crippen molar-refractivity contribution in [1.29, 1.82) is 0 Å². The average Bonchev–Trinajstić information content (AvgIpc) is 3.20. The first kappa shape index (κ1) is 18.3. The van der Waals surface area contributed by atoms with Crippen LogP contribution in [0, 0.1) is 13.8 Å². The minimum Gasteiger partial charge on any atom is -0.268 e. The molecule has 2 heterocycles. The first-order valence-corrected chi connectivity index (χ1v) is 10.1. The SMILES string of the molecule is Cc1cc(C)cc(-c2ncn(/C=C\C(=O)N3CCCN3S(C)(=O)=O)n2)c1. The van der Waals surface area contributed by atoms with Gasteiger partial charge in [-0.2, -0.15) is 0 Å². The zero-order chi connectivity index (χ0) is 18.9. The van der Waals surface area contributed by atoms with Crippen LogP contribution < -0.4 is 0 Å². The predicted octanol–water partition coefficient (Wildman–Crippen LogP) is 1.44. The Kier molecular flexibility index (Phi) is 4.92. The molecule has 1 aromatic heterocycles. The van der Waals surface area contributed by atoms with E-state index in [1.807, 2.05) is 26.0 Å². The highest BCUT2D eigenvalue weighted by Gasteiger charge is 2.31. The maximum atomic E-state index is 12.3. The summed E-state index contributed by atoms with van der Waals surface area (Å²) in [5.41, 5.74) is 3.15. The number of hydrogen-bond donors (Lipinski definition) is 0. The van der Waals surface area contributed by atoms with Crippen molar-refractivity contribution in [2.24, 2.45) is 0 Å². The molecule has 9 heteroatoms. The average molecular weight is 375 g/mol. The second kappa shape index (κ2) is 7.00. The molecule has 0 unspecified atom stereocenters. The summed E-state index contributed by atoms with van der Waals surface area (Å²) in [7, 11) is -3.45. The lowest BCUT2D eigenvalue weighted by atomic mass is 10.1. The molecule has 0 saturated carbocycles. The van der Waals surface area contributed by atoms with E-state index in [1.54, 1.807) is 0 Å². The molecule has 8 nitrogen and oxygen atoms in total. The summed E-state index contributed by atoms with van der Waals surface area (Å²) in [4.78, 5) is 16.6. The van der Waals surface area contributed by atoms with E-state index >= 15 is 0 Å². The maximum Gasteiger partial charge on any atom is 0.263 e. The molecule has 0 aliphatic carbocycles. The van der Waals surface area contributed by atoms with Crippen molar-refractivity contribution < 1.29 is 13.2 Å². The van der Waals surface area contributed by atoms with Crippen LogP contribution in [0.15, 0.2) is 30.6 Å². The van der Waals surface area contributed by atoms with Gasteiger partial charge < -0.3 is 0 Å². The highest BCUT2D eigenvalue weighted by Crippen LogP contribution is 2.18. The quantitative estimate of drug-likeness (QED) is 0.755. The van der Waals surface area contributed by atoms with E-state index in [4.69, 9.17) is 0 Å². The fraction of sp³-hybridized carbons (Fsp3) is 0.353. The Morgan fingerprint density at radius 3 is 2.50 bits per heavy atom. The van der Waals surface area contributed by atoms with Crippen LogP contribution in [-0.4, -0.2) is 57.9 Å². The second-order valence-electron chi connectivity index (χ2n) is 6.36. The van der Waals surface area contributed by atoms with Gasteiger partial charge in [0, 0.05) is 30.9 Å². The van der Waals surface area contributed by atoms with Crippen LogP contribution in [0.1, 0.15) is 17.5 Å². The lowest BCUT2D eigenvalue weighted by Gasteiger charge is -2.24. The van der Waals surface area contributed by atoms with Gasteiger partial charge in [0.05, 0.1) is 6.26 Å². The summed E-state index contributed by atoms with van der Waals surface area (Å²) in [5, 5.41) is 5.57. The zero-order valence-corrected chi connectivity index (χ0v) is 15.8. The van der Waals surface area contributed by atoms with E-state index in [-0.39, 0.29) is 0 Å². The van der Waals surface area contributed by atoms with Gasteiger partial charge in [0.15, 0.2) is 5.82 Å². The lowest BCUT2D eigenvalue weighted by molar-refractivity contribution is -0.132. The van der Waals surface area contributed by atoms with Crippen molar-refractivity contribution in [2.45, 2.75) is 20.3 Å². The predicted molar refractivity (Wildman–Crippen MR) is 98.1 cm³/mol. The van der Waals surface area contributed by atoms with Crippen molar-refractivity contribution >= 4 is 22.1 Å². The number of benzene rings is 1. The van der Waals surface area contributed by atoms with Crippen molar-refractivity contribution in [2.75, 3.05) is 19.3 Å². The normalized spacial score (nSPS) is 15.9. The third-order valence-electron chi connectivity index (χ3n) is 3.98. The molecule has 1 aromatic carbocycles. The molecular weight excluding hydrogens is 354 g/mol. The molecule has 0 atom stereocenters. The van der Waals surface area contributed by atoms with E-state index in [0.29, 0.717) is 25.3 Å². The molecule has 0 bridgehead atoms. The molecule has 1 aliphatic rings. The first-order valence-electron chi connectivity index (χ1n) is 8.21. The molecule has 3 rings (SSSR count). The molecule has 26 heavy (non-hydrogen) atoms. The number of sulfonamides is 1. The minimum absolute atomic E-state index is 0.318. The second-order valence-corrected chi connectivity index (χ2v) is 8.25. The monoisotopic (exact) mass is 375 g/mol. The number of aryl methyl sites for hydroxylation is 2. The van der Waals surface area contributed by atoms with E-state index in [1.165, 1.54) is 28.3 Å². The smallest absolute Gasteiger partial charge is 0.263 e. The third kappa shape index (κ3) is 4.00. The Morgan fingerprint density at radius 1 is 1.15 bits per heavy atom. The maximum absolute atomic E-state index is 12.3. The van der Waals surface area contributed by atoms with Gasteiger partial charge in [-0.3, -0.25) is 9.80 Å². The van der Waals surface area contributed by atoms with Crippen molar-refractivity contribution in [3.8, 4) is 11.4 Å². The summed E-state index contributed by atoms with van der Waals surface area (Å²) in [6.07, 6.45) is 5.99. The molecule has 1 fully saturated rings. The molecule has 138 valence electrons. The Hall–Kier alpha value is -2.52. The number of carbonyl (C=O) groups excluding carboxylic acids is 1. The van der Waals surface area contributed by atoms with E-state index in [9.17, 15) is 13.2 Å². The molecule has 0 spiro atoms. The Balaban J connectivity index is 1.75. The standard InChI is InChI=1S/C17H21N5O3S/c1-13-9-14(2)11-15(10-13)17-18-12-20(19-17)8-5-16(23)21-6-4-7-22(21)26(3,24)25/h5,8-12H,4,6-7H2,1-3H3/b8-5-. The van der Waals surface area contributed by atoms with Crippen molar-refractivity contribution in [1.82, 2.24) is 24.2 Å². The summed E-state index contributed by atoms with van der Waals surface area (Å²) in [6, 6.07) is 6.06. The number of rotatable bonds is 4. The summed E-state index contributed by atoms with van der Waals surface area (Å²) in [5.74, 6) is 0.157. The van der Waals surface area contributed by atoms with Crippen LogP contribution in [0.5, 0.6) is 0 Å². The van der Waals surface area contributed by atoms with E-state index < -0.39 is 15.9 Å². The van der Waals surface area contributed by atoms with Crippen molar-refractivity contribution in [3.05, 3.63) is 41.7 Å². The van der Waals surface area contributed by atoms with Crippen LogP contribution in [-0.2, 0) is 14.8 Å². The molecule has 2 aromatic rings. The van der Waals surface area contributed by atoms with Crippen LogP contribution in [0.2, 0.25) is 0 Å². The summed E-state index contributed by atoms with van der Waals surface area (Å²) in [6.45, 7) is 4.71. The van der Waals surface area contributed by atoms with Crippen LogP contribution in [0.3, 0.4) is 0 Å². The lowest BCUT2D eigenvalue weighted by Crippen LogP contribution is -2.43. The fourth-order valence-electron chi connectivity index (χ4n) is 2.96. The summed E-state index contributed by atoms with van der Waals surface area (Å²) < 4.78 is 26.0. The van der Waals surface area contributed by atoms with Gasteiger partial charge >= 0.3 is 0 Å². The number of hydrogen-bond acceptors (Lipinski definition) is 5. The van der Waals surface area contributed by atoms with Gasteiger partial charge in [-0.05, 0) is 32.4 Å². The number of hydrazine groups is 1. The van der Waals surface area contributed by atoms with Crippen LogP contribution in [0.25, 0.3) is 17.6 Å². The topological polar surface area (TPSA) is 88.4 Å². The van der Waals surface area contributed by atoms with Gasteiger partial charge in [0.1, 0.15) is 6.33 Å². The highest BCUT2D eigenvalue weighted by molar-refractivity contribution is 7.88. The molecule has 0 radical (unpaired) electrons. The molecular formula is C17H21N5O3S. The van der Waals surface area contributed by atoms with Gasteiger partial charge in [-0.25, -0.2) is 18.1 Å². The Morgan fingerprint density at radius 2 is 1.85 bits per heavy atom. The Bertz CT molecular complexity index is 944. The van der Waals surface area contributed by atoms with Crippen LogP contribution in [0.4, 0.5) is 0 Å². The number of amides is 1. The number of carbonyl (C=O) groups is 1. The molecule has 1 aliphatic heterocycles. The van der Waals surface area contributed by atoms with E-state index in [2.05, 4.69) is 16.1 Å². The summed E-state index contributed by atoms with van der Waals surface area (Å²) >= 11 is 0. The minimum atomic E-state index is -3.45. The third-order valence-corrected chi connectivity index (χ3v) is 5.13. The van der Waals surface area contributed by atoms with Crippen molar-refractivity contribution in [3.63, 3.8) is 0 Å². The Labute approximate surface area is 152 Å². The van der Waals surface area contributed by atoms with Gasteiger partial charge in [-0.15, -0.1) is 9.51 Å². The van der Waals surface area contributed by atoms with Gasteiger partial charge in [0.25, 0.3) is 5.91 Å². The molecule has 1 amide bonds. The van der Waals surface area contributed by atoms with Crippen LogP contribution >= 0.6 is 0 Å². The fourth-order valence-corrected chi connectivity index (χ4v) is 3.94. The molecule has 0 N–H and O–H groups in total. The van der Waals surface area contributed by atoms with E-state index in [0.717, 1.165) is 27.4 Å². The number of nitrogens with zero attached hydrogens (tertiary/aromatic N) is 5. The molecule has 1 saturated heterocycles.